The van der Waals surface area contributed by atoms with E-state index < -0.39 is 10.0 Å². The smallest absolute Gasteiger partial charge is 0.243 e. The molecule has 0 spiro atoms. The Morgan fingerprint density at radius 1 is 1.00 bits per heavy atom. The van der Waals surface area contributed by atoms with E-state index in [0.717, 1.165) is 31.7 Å². The molecule has 1 aliphatic rings. The van der Waals surface area contributed by atoms with Gasteiger partial charge in [0.1, 0.15) is 0 Å². The van der Waals surface area contributed by atoms with Crippen LogP contribution in [-0.2, 0) is 16.4 Å². The van der Waals surface area contributed by atoms with Crippen molar-refractivity contribution in [2.24, 2.45) is 0 Å². The van der Waals surface area contributed by atoms with Crippen molar-refractivity contribution in [2.45, 2.75) is 11.3 Å². The summed E-state index contributed by atoms with van der Waals surface area (Å²) in [4.78, 5) is 6.90. The zero-order valence-electron chi connectivity index (χ0n) is 13.3. The third kappa shape index (κ3) is 4.13. The first-order valence-corrected chi connectivity index (χ1v) is 9.75. The van der Waals surface area contributed by atoms with Crippen LogP contribution in [0, 0.1) is 0 Å². The van der Waals surface area contributed by atoms with E-state index in [9.17, 15) is 8.42 Å². The van der Waals surface area contributed by atoms with Crippen LogP contribution < -0.4 is 0 Å². The van der Waals surface area contributed by atoms with Crippen LogP contribution in [0.3, 0.4) is 0 Å². The van der Waals surface area contributed by atoms with Crippen LogP contribution in [0.25, 0.3) is 0 Å². The second kappa shape index (κ2) is 7.61. The van der Waals surface area contributed by atoms with Gasteiger partial charge in [0.15, 0.2) is 0 Å². The van der Waals surface area contributed by atoms with Gasteiger partial charge in [-0.15, -0.1) is 0 Å². The second-order valence-corrected chi connectivity index (χ2v) is 8.15. The van der Waals surface area contributed by atoms with Gasteiger partial charge in [-0.3, -0.25) is 4.98 Å². The van der Waals surface area contributed by atoms with Crippen molar-refractivity contribution < 1.29 is 8.42 Å². The van der Waals surface area contributed by atoms with E-state index in [-0.39, 0.29) is 0 Å². The molecule has 0 amide bonds. The predicted molar refractivity (Wildman–Crippen MR) is 94.6 cm³/mol. The fraction of sp³-hybridized carbons (Fsp3) is 0.353. The SMILES string of the molecule is O=S(=O)(c1ccc(Cl)cc1)N1CCN(CCc2ccccn2)CC1. The lowest BCUT2D eigenvalue weighted by molar-refractivity contribution is 0.190. The third-order valence-corrected chi connectivity index (χ3v) is 6.36. The van der Waals surface area contributed by atoms with Crippen LogP contribution in [0.2, 0.25) is 5.02 Å². The van der Waals surface area contributed by atoms with E-state index in [0.29, 0.717) is 23.0 Å². The molecule has 1 fully saturated rings. The van der Waals surface area contributed by atoms with Crippen molar-refractivity contribution in [3.63, 3.8) is 0 Å². The Morgan fingerprint density at radius 2 is 1.71 bits per heavy atom. The van der Waals surface area contributed by atoms with Gasteiger partial charge in [-0.25, -0.2) is 8.42 Å². The number of hydrogen-bond acceptors (Lipinski definition) is 4. The van der Waals surface area contributed by atoms with E-state index in [4.69, 9.17) is 11.6 Å². The molecule has 2 aromatic rings. The van der Waals surface area contributed by atoms with Crippen molar-refractivity contribution in [1.82, 2.24) is 14.2 Å². The monoisotopic (exact) mass is 365 g/mol. The highest BCUT2D eigenvalue weighted by atomic mass is 35.5. The number of pyridine rings is 1. The molecule has 24 heavy (non-hydrogen) atoms. The van der Waals surface area contributed by atoms with Gasteiger partial charge in [-0.1, -0.05) is 17.7 Å². The van der Waals surface area contributed by atoms with Crippen molar-refractivity contribution in [2.75, 3.05) is 32.7 Å². The Balaban J connectivity index is 1.55. The van der Waals surface area contributed by atoms with Crippen LogP contribution in [0.15, 0.2) is 53.6 Å². The molecule has 0 bridgehead atoms. The fourth-order valence-electron chi connectivity index (χ4n) is 2.77. The van der Waals surface area contributed by atoms with Gasteiger partial charge in [0.05, 0.1) is 4.90 Å². The summed E-state index contributed by atoms with van der Waals surface area (Å²) >= 11 is 5.83. The number of piperazine rings is 1. The molecule has 1 saturated heterocycles. The van der Waals surface area contributed by atoms with Crippen molar-refractivity contribution in [1.29, 1.82) is 0 Å². The van der Waals surface area contributed by atoms with Crippen LogP contribution in [-0.4, -0.2) is 55.3 Å². The van der Waals surface area contributed by atoms with Gasteiger partial charge < -0.3 is 4.90 Å². The summed E-state index contributed by atoms with van der Waals surface area (Å²) in [5, 5.41) is 0.535. The minimum atomic E-state index is -3.43. The average molecular weight is 366 g/mol. The van der Waals surface area contributed by atoms with Crippen molar-refractivity contribution in [3.8, 4) is 0 Å². The van der Waals surface area contributed by atoms with Gasteiger partial charge in [-0.2, -0.15) is 4.31 Å². The van der Waals surface area contributed by atoms with E-state index in [2.05, 4.69) is 9.88 Å². The lowest BCUT2D eigenvalue weighted by Crippen LogP contribution is -2.49. The zero-order valence-corrected chi connectivity index (χ0v) is 14.9. The maximum atomic E-state index is 12.6. The Morgan fingerprint density at radius 3 is 2.33 bits per heavy atom. The van der Waals surface area contributed by atoms with E-state index in [1.54, 1.807) is 34.8 Å². The summed E-state index contributed by atoms with van der Waals surface area (Å²) in [6.45, 7) is 3.38. The highest BCUT2D eigenvalue weighted by Crippen LogP contribution is 2.19. The minimum absolute atomic E-state index is 0.300. The van der Waals surface area contributed by atoms with Crippen LogP contribution in [0.5, 0.6) is 0 Å². The van der Waals surface area contributed by atoms with Gasteiger partial charge >= 0.3 is 0 Å². The largest absolute Gasteiger partial charge is 0.300 e. The van der Waals surface area contributed by atoms with Crippen LogP contribution >= 0.6 is 11.6 Å². The molecule has 1 aromatic heterocycles. The molecule has 0 atom stereocenters. The predicted octanol–water partition coefficient (Wildman–Crippen LogP) is 2.28. The Kier molecular flexibility index (Phi) is 5.50. The molecule has 0 saturated carbocycles. The lowest BCUT2D eigenvalue weighted by Gasteiger charge is -2.33. The molecule has 1 aliphatic heterocycles. The minimum Gasteiger partial charge on any atom is -0.300 e. The van der Waals surface area contributed by atoms with Crippen LogP contribution in [0.4, 0.5) is 0 Å². The molecule has 1 aromatic carbocycles. The quantitative estimate of drug-likeness (QED) is 0.815. The first kappa shape index (κ1) is 17.4. The summed E-state index contributed by atoms with van der Waals surface area (Å²) in [5.74, 6) is 0. The molecule has 0 unspecified atom stereocenters. The van der Waals surface area contributed by atoms with Crippen molar-refractivity contribution >= 4 is 21.6 Å². The number of halogens is 1. The summed E-state index contributed by atoms with van der Waals surface area (Å²) < 4.78 is 26.8. The Bertz CT molecular complexity index is 758. The van der Waals surface area contributed by atoms with Crippen LogP contribution in [0.1, 0.15) is 5.69 Å². The normalized spacial score (nSPS) is 17.0. The molecule has 2 heterocycles. The number of benzene rings is 1. The standard InChI is InChI=1S/C17H20ClN3O2S/c18-15-4-6-17(7-5-15)24(22,23)21-13-11-20(12-14-21)10-8-16-3-1-2-9-19-16/h1-7,9H,8,10-14H2. The highest BCUT2D eigenvalue weighted by molar-refractivity contribution is 7.89. The number of aromatic nitrogens is 1. The second-order valence-electron chi connectivity index (χ2n) is 5.77. The number of rotatable bonds is 5. The molecule has 128 valence electrons. The molecular weight excluding hydrogens is 346 g/mol. The highest BCUT2D eigenvalue weighted by Gasteiger charge is 2.28. The van der Waals surface area contributed by atoms with Crippen molar-refractivity contribution in [3.05, 3.63) is 59.4 Å². The molecule has 3 rings (SSSR count). The molecule has 7 heteroatoms. The average Bonchev–Trinajstić information content (AvgIpc) is 2.61. The molecule has 0 radical (unpaired) electrons. The zero-order chi connectivity index (χ0) is 17.0. The molecular formula is C17H20ClN3O2S. The van der Waals surface area contributed by atoms with Gasteiger partial charge in [0.25, 0.3) is 0 Å². The maximum absolute atomic E-state index is 12.6. The Hall–Kier alpha value is -1.47. The van der Waals surface area contributed by atoms with E-state index >= 15 is 0 Å². The maximum Gasteiger partial charge on any atom is 0.243 e. The van der Waals surface area contributed by atoms with E-state index in [1.165, 1.54) is 0 Å². The first-order chi connectivity index (χ1) is 11.6. The molecule has 0 aliphatic carbocycles. The lowest BCUT2D eigenvalue weighted by atomic mass is 10.2. The summed E-state index contributed by atoms with van der Waals surface area (Å²) in [5.41, 5.74) is 1.06. The third-order valence-electron chi connectivity index (χ3n) is 4.19. The topological polar surface area (TPSA) is 53.5 Å². The number of sulfonamides is 1. The molecule has 5 nitrogen and oxygen atoms in total. The first-order valence-electron chi connectivity index (χ1n) is 7.94. The number of hydrogen-bond donors (Lipinski definition) is 0. The van der Waals surface area contributed by atoms with Gasteiger partial charge in [0, 0.05) is 56.1 Å². The molecule has 0 N–H and O–H groups in total. The number of nitrogens with zero attached hydrogens (tertiary/aromatic N) is 3. The summed E-state index contributed by atoms with van der Waals surface area (Å²) in [6, 6.07) is 12.2. The fourth-order valence-corrected chi connectivity index (χ4v) is 4.32. The van der Waals surface area contributed by atoms with Gasteiger partial charge in [-0.05, 0) is 36.4 Å². The summed E-state index contributed by atoms with van der Waals surface area (Å²) in [7, 11) is -3.43. The Labute approximate surface area is 147 Å². The summed E-state index contributed by atoms with van der Waals surface area (Å²) in [6.07, 6.45) is 2.68. The van der Waals surface area contributed by atoms with E-state index in [1.807, 2.05) is 18.2 Å². The van der Waals surface area contributed by atoms with Gasteiger partial charge in [0.2, 0.25) is 10.0 Å².